The number of hydrogen-bond donors (Lipinski definition) is 1. The molecule has 0 aromatic heterocycles. The second-order valence-corrected chi connectivity index (χ2v) is 10.1. The Balaban J connectivity index is 2.71. The molecule has 1 N–H and O–H groups in total. The van der Waals surface area contributed by atoms with Gasteiger partial charge in [-0.3, -0.25) is 4.90 Å². The van der Waals surface area contributed by atoms with Gasteiger partial charge in [0.2, 0.25) is 0 Å². The second-order valence-electron chi connectivity index (χ2n) is 7.25. The van der Waals surface area contributed by atoms with Crippen LogP contribution in [0.25, 0.3) is 0 Å². The standard InChI is InChI=1S/C15H32N2O2S/c1-7-13-11-17(14(10-16-13)12(2)3)8-9-20(18,19)15(4,5)6/h12-14,16H,7-11H2,1-6H3. The SMILES string of the molecule is CCC1CN(CCS(=O)(=O)C(C)(C)C)C(C(C)C)CN1. The van der Waals surface area contributed by atoms with E-state index < -0.39 is 14.6 Å². The van der Waals surface area contributed by atoms with Crippen molar-refractivity contribution in [3.63, 3.8) is 0 Å². The average Bonchev–Trinajstić information content (AvgIpc) is 2.34. The van der Waals surface area contributed by atoms with Crippen molar-refractivity contribution in [2.24, 2.45) is 5.92 Å². The summed E-state index contributed by atoms with van der Waals surface area (Å²) in [5.41, 5.74) is 0. The number of piperazine rings is 1. The van der Waals surface area contributed by atoms with Crippen molar-refractivity contribution in [1.82, 2.24) is 10.2 Å². The Morgan fingerprint density at radius 3 is 2.35 bits per heavy atom. The molecule has 5 heteroatoms. The van der Waals surface area contributed by atoms with E-state index in [0.29, 0.717) is 24.5 Å². The molecule has 1 fully saturated rings. The Morgan fingerprint density at radius 1 is 1.30 bits per heavy atom. The zero-order chi connectivity index (χ0) is 15.6. The van der Waals surface area contributed by atoms with E-state index in [4.69, 9.17) is 0 Å². The third-order valence-electron chi connectivity index (χ3n) is 4.38. The Kier molecular flexibility index (Phi) is 6.05. The van der Waals surface area contributed by atoms with Gasteiger partial charge in [-0.2, -0.15) is 0 Å². The third-order valence-corrected chi connectivity index (χ3v) is 6.97. The van der Waals surface area contributed by atoms with Crippen molar-refractivity contribution >= 4 is 9.84 Å². The minimum atomic E-state index is -3.03. The van der Waals surface area contributed by atoms with Crippen molar-refractivity contribution in [2.45, 2.75) is 64.8 Å². The van der Waals surface area contributed by atoms with Gasteiger partial charge >= 0.3 is 0 Å². The molecule has 0 saturated carbocycles. The third kappa shape index (κ3) is 4.43. The summed E-state index contributed by atoms with van der Waals surface area (Å²) in [4.78, 5) is 2.37. The van der Waals surface area contributed by atoms with Gasteiger partial charge in [-0.15, -0.1) is 0 Å². The highest BCUT2D eigenvalue weighted by Crippen LogP contribution is 2.19. The van der Waals surface area contributed by atoms with Crippen LogP contribution in [0.5, 0.6) is 0 Å². The Hall–Kier alpha value is -0.130. The first-order valence-electron chi connectivity index (χ1n) is 7.78. The lowest BCUT2D eigenvalue weighted by Crippen LogP contribution is -2.59. The molecule has 0 radical (unpaired) electrons. The van der Waals surface area contributed by atoms with Crippen LogP contribution in [0.4, 0.5) is 0 Å². The first-order chi connectivity index (χ1) is 9.08. The molecule has 0 bridgehead atoms. The summed E-state index contributed by atoms with van der Waals surface area (Å²) in [6, 6.07) is 0.926. The lowest BCUT2D eigenvalue weighted by atomic mass is 9.98. The molecule has 0 aromatic carbocycles. The van der Waals surface area contributed by atoms with Crippen LogP contribution in [0.1, 0.15) is 48.0 Å². The summed E-state index contributed by atoms with van der Waals surface area (Å²) >= 11 is 0. The van der Waals surface area contributed by atoms with Crippen molar-refractivity contribution in [3.05, 3.63) is 0 Å². The molecule has 1 saturated heterocycles. The Labute approximate surface area is 125 Å². The molecule has 1 heterocycles. The van der Waals surface area contributed by atoms with E-state index >= 15 is 0 Å². The Bertz CT molecular complexity index is 399. The van der Waals surface area contributed by atoms with E-state index in [9.17, 15) is 8.42 Å². The molecule has 2 unspecified atom stereocenters. The summed E-state index contributed by atoms with van der Waals surface area (Å²) in [5, 5.41) is 3.57. The van der Waals surface area contributed by atoms with Gasteiger partial charge in [0, 0.05) is 31.7 Å². The zero-order valence-electron chi connectivity index (χ0n) is 13.9. The van der Waals surface area contributed by atoms with Crippen LogP contribution < -0.4 is 5.32 Å². The smallest absolute Gasteiger partial charge is 0.156 e. The van der Waals surface area contributed by atoms with Crippen LogP contribution in [-0.4, -0.2) is 55.5 Å². The second kappa shape index (κ2) is 6.75. The summed E-state index contributed by atoms with van der Waals surface area (Å²) in [7, 11) is -3.03. The highest BCUT2D eigenvalue weighted by molar-refractivity contribution is 7.92. The summed E-state index contributed by atoms with van der Waals surface area (Å²) < 4.78 is 23.9. The Morgan fingerprint density at radius 2 is 1.90 bits per heavy atom. The molecule has 4 nitrogen and oxygen atoms in total. The number of nitrogens with one attached hydrogen (secondary N) is 1. The molecule has 1 rings (SSSR count). The van der Waals surface area contributed by atoms with Crippen molar-refractivity contribution in [2.75, 3.05) is 25.4 Å². The van der Waals surface area contributed by atoms with Crippen LogP contribution in [0.3, 0.4) is 0 Å². The van der Waals surface area contributed by atoms with Gasteiger partial charge in [-0.1, -0.05) is 20.8 Å². The van der Waals surface area contributed by atoms with Gasteiger partial charge in [0.05, 0.1) is 10.5 Å². The normalized spacial score (nSPS) is 26.1. The van der Waals surface area contributed by atoms with Crippen molar-refractivity contribution in [3.8, 4) is 0 Å². The largest absolute Gasteiger partial charge is 0.311 e. The minimum Gasteiger partial charge on any atom is -0.311 e. The molecule has 0 aliphatic carbocycles. The number of sulfone groups is 1. The maximum absolute atomic E-state index is 12.3. The monoisotopic (exact) mass is 304 g/mol. The van der Waals surface area contributed by atoms with Crippen LogP contribution in [0.2, 0.25) is 0 Å². The predicted molar refractivity (Wildman–Crippen MR) is 85.8 cm³/mol. The van der Waals surface area contributed by atoms with Crippen LogP contribution in [-0.2, 0) is 9.84 Å². The number of hydrogen-bond acceptors (Lipinski definition) is 4. The number of nitrogens with zero attached hydrogens (tertiary/aromatic N) is 1. The topological polar surface area (TPSA) is 49.4 Å². The molecule has 1 aliphatic rings. The van der Waals surface area contributed by atoms with E-state index in [-0.39, 0.29) is 5.75 Å². The molecule has 20 heavy (non-hydrogen) atoms. The highest BCUT2D eigenvalue weighted by atomic mass is 32.2. The predicted octanol–water partition coefficient (Wildman–Crippen LogP) is 1.91. The molecule has 0 spiro atoms. The fourth-order valence-corrected chi connectivity index (χ4v) is 3.72. The summed E-state index contributed by atoms with van der Waals surface area (Å²) in [6.45, 7) is 14.5. The first kappa shape index (κ1) is 17.9. The molecule has 2 atom stereocenters. The van der Waals surface area contributed by atoms with Gasteiger partial charge in [0.25, 0.3) is 0 Å². The maximum Gasteiger partial charge on any atom is 0.156 e. The highest BCUT2D eigenvalue weighted by Gasteiger charge is 2.33. The van der Waals surface area contributed by atoms with Crippen LogP contribution in [0, 0.1) is 5.92 Å². The van der Waals surface area contributed by atoms with Gasteiger partial charge in [0.15, 0.2) is 9.84 Å². The molecule has 0 aromatic rings. The zero-order valence-corrected chi connectivity index (χ0v) is 14.8. The van der Waals surface area contributed by atoms with Crippen LogP contribution >= 0.6 is 0 Å². The van der Waals surface area contributed by atoms with Crippen molar-refractivity contribution in [1.29, 1.82) is 0 Å². The minimum absolute atomic E-state index is 0.260. The van der Waals surface area contributed by atoms with Crippen LogP contribution in [0.15, 0.2) is 0 Å². The number of rotatable bonds is 5. The molecule has 0 amide bonds. The lowest BCUT2D eigenvalue weighted by Gasteiger charge is -2.42. The maximum atomic E-state index is 12.3. The molecular formula is C15H32N2O2S. The molecular weight excluding hydrogens is 272 g/mol. The van der Waals surface area contributed by atoms with E-state index in [2.05, 4.69) is 31.0 Å². The van der Waals surface area contributed by atoms with E-state index in [1.165, 1.54) is 0 Å². The average molecular weight is 305 g/mol. The van der Waals surface area contributed by atoms with Gasteiger partial charge in [-0.05, 0) is 33.1 Å². The van der Waals surface area contributed by atoms with Crippen molar-refractivity contribution < 1.29 is 8.42 Å². The first-order valence-corrected chi connectivity index (χ1v) is 9.43. The molecule has 120 valence electrons. The van der Waals surface area contributed by atoms with E-state index in [1.54, 1.807) is 20.8 Å². The lowest BCUT2D eigenvalue weighted by molar-refractivity contribution is 0.104. The van der Waals surface area contributed by atoms with E-state index in [0.717, 1.165) is 19.5 Å². The van der Waals surface area contributed by atoms with E-state index in [1.807, 2.05) is 0 Å². The summed E-state index contributed by atoms with van der Waals surface area (Å²) in [6.07, 6.45) is 1.09. The summed E-state index contributed by atoms with van der Waals surface area (Å²) in [5.74, 6) is 0.800. The van der Waals surface area contributed by atoms with Gasteiger partial charge < -0.3 is 5.32 Å². The fraction of sp³-hybridized carbons (Fsp3) is 1.00. The quantitative estimate of drug-likeness (QED) is 0.843. The van der Waals surface area contributed by atoms with Gasteiger partial charge in [-0.25, -0.2) is 8.42 Å². The van der Waals surface area contributed by atoms with Gasteiger partial charge in [0.1, 0.15) is 0 Å². The fourth-order valence-electron chi connectivity index (χ4n) is 2.63. The molecule has 1 aliphatic heterocycles.